The fourth-order valence-corrected chi connectivity index (χ4v) is 2.37. The van der Waals surface area contributed by atoms with Crippen LogP contribution in [-0.4, -0.2) is 35.9 Å². The lowest BCUT2D eigenvalue weighted by Gasteiger charge is -2.14. The molecule has 0 saturated carbocycles. The van der Waals surface area contributed by atoms with E-state index >= 15 is 0 Å². The van der Waals surface area contributed by atoms with E-state index in [4.69, 9.17) is 21.1 Å². The largest absolute Gasteiger partial charge is 0.496 e. The van der Waals surface area contributed by atoms with Gasteiger partial charge in [-0.2, -0.15) is 0 Å². The van der Waals surface area contributed by atoms with Crippen LogP contribution in [0.1, 0.15) is 29.8 Å². The number of benzene rings is 1. The third kappa shape index (κ3) is 5.79. The molecule has 2 rings (SSSR count). The summed E-state index contributed by atoms with van der Waals surface area (Å²) in [4.78, 5) is 39.8. The first kappa shape index (κ1) is 20.4. The molecule has 1 N–H and O–H groups in total. The Labute approximate surface area is 161 Å². The van der Waals surface area contributed by atoms with Crippen molar-refractivity contribution in [1.82, 2.24) is 4.98 Å². The Morgan fingerprint density at radius 2 is 1.96 bits per heavy atom. The van der Waals surface area contributed by atoms with Crippen LogP contribution < -0.4 is 10.1 Å². The number of rotatable bonds is 7. The molecule has 1 atom stereocenters. The van der Waals surface area contributed by atoms with Gasteiger partial charge in [0.25, 0.3) is 5.91 Å². The fourth-order valence-electron chi connectivity index (χ4n) is 2.26. The highest BCUT2D eigenvalue weighted by Gasteiger charge is 2.20. The molecule has 0 bridgehead atoms. The van der Waals surface area contributed by atoms with Gasteiger partial charge in [0.2, 0.25) is 0 Å². The van der Waals surface area contributed by atoms with Gasteiger partial charge >= 0.3 is 5.97 Å². The van der Waals surface area contributed by atoms with Crippen molar-refractivity contribution < 1.29 is 23.9 Å². The van der Waals surface area contributed by atoms with Crippen LogP contribution in [0.25, 0.3) is 0 Å². The number of nitrogens with one attached hydrogen (secondary N) is 1. The average molecular weight is 391 g/mol. The molecule has 0 unspecified atom stereocenters. The van der Waals surface area contributed by atoms with Gasteiger partial charge < -0.3 is 14.8 Å². The Hall–Kier alpha value is -2.93. The summed E-state index contributed by atoms with van der Waals surface area (Å²) in [5.74, 6) is -0.527. The van der Waals surface area contributed by atoms with Crippen molar-refractivity contribution in [3.63, 3.8) is 0 Å². The van der Waals surface area contributed by atoms with Gasteiger partial charge in [-0.3, -0.25) is 14.4 Å². The number of aromatic nitrogens is 1. The second-order valence-electron chi connectivity index (χ2n) is 5.74. The van der Waals surface area contributed by atoms with Crippen LogP contribution in [0.4, 0.5) is 5.82 Å². The zero-order valence-corrected chi connectivity index (χ0v) is 15.9. The number of hydrogen-bond acceptors (Lipinski definition) is 6. The van der Waals surface area contributed by atoms with Gasteiger partial charge in [-0.15, -0.1) is 0 Å². The summed E-state index contributed by atoms with van der Waals surface area (Å²) in [6.45, 7) is 2.88. The summed E-state index contributed by atoms with van der Waals surface area (Å²) in [5.41, 5.74) is 0.959. The average Bonchev–Trinajstić information content (AvgIpc) is 2.63. The van der Waals surface area contributed by atoms with Crippen molar-refractivity contribution >= 4 is 35.1 Å². The Morgan fingerprint density at radius 3 is 2.56 bits per heavy atom. The van der Waals surface area contributed by atoms with Crippen LogP contribution >= 0.6 is 11.6 Å². The summed E-state index contributed by atoms with van der Waals surface area (Å²) in [7, 11) is 1.47. The van der Waals surface area contributed by atoms with Crippen LogP contribution in [0, 0.1) is 0 Å². The van der Waals surface area contributed by atoms with Gasteiger partial charge in [0, 0.05) is 17.3 Å². The van der Waals surface area contributed by atoms with E-state index in [2.05, 4.69) is 10.3 Å². The number of esters is 1. The van der Waals surface area contributed by atoms with Gasteiger partial charge in [-0.05, 0) is 44.2 Å². The Kier molecular flexibility index (Phi) is 6.90. The highest BCUT2D eigenvalue weighted by Crippen LogP contribution is 2.21. The van der Waals surface area contributed by atoms with E-state index in [1.54, 1.807) is 24.3 Å². The molecule has 1 aromatic heterocycles. The number of methoxy groups -OCH3 is 1. The Bertz CT molecular complexity index is 852. The third-order valence-corrected chi connectivity index (χ3v) is 3.90. The number of ketones is 1. The molecule has 0 aliphatic carbocycles. The molecule has 1 aromatic carbocycles. The Balaban J connectivity index is 2.00. The van der Waals surface area contributed by atoms with Crippen molar-refractivity contribution in [1.29, 1.82) is 0 Å². The number of carbonyl (C=O) groups is 3. The number of Topliss-reactive ketones (excluding diaryl/α,β-unsaturated/α-hetero) is 1. The van der Waals surface area contributed by atoms with Crippen LogP contribution in [0.3, 0.4) is 0 Å². The molecule has 8 heteroatoms. The van der Waals surface area contributed by atoms with Gasteiger partial charge in [-0.25, -0.2) is 4.98 Å². The highest BCUT2D eigenvalue weighted by molar-refractivity contribution is 6.30. The first-order chi connectivity index (χ1) is 12.8. The zero-order valence-electron chi connectivity index (χ0n) is 15.1. The number of nitrogens with zero attached hydrogens (tertiary/aromatic N) is 1. The third-order valence-electron chi connectivity index (χ3n) is 3.68. The van der Waals surface area contributed by atoms with E-state index in [1.165, 1.54) is 33.2 Å². The summed E-state index contributed by atoms with van der Waals surface area (Å²) in [6, 6.07) is 7.92. The molecule has 0 fully saturated rings. The van der Waals surface area contributed by atoms with Crippen molar-refractivity contribution in [3.8, 4) is 5.75 Å². The molecule has 1 heterocycles. The van der Waals surface area contributed by atoms with E-state index in [-0.39, 0.29) is 12.2 Å². The Morgan fingerprint density at radius 1 is 1.22 bits per heavy atom. The summed E-state index contributed by atoms with van der Waals surface area (Å²) in [6.07, 6.45) is 0.223. The lowest BCUT2D eigenvalue weighted by atomic mass is 10.0. The van der Waals surface area contributed by atoms with Crippen molar-refractivity contribution in [2.75, 3.05) is 12.4 Å². The molecule has 142 valence electrons. The minimum absolute atomic E-state index is 0.129. The van der Waals surface area contributed by atoms with E-state index in [1.807, 2.05) is 0 Å². The molecule has 0 spiro atoms. The second kappa shape index (κ2) is 9.14. The maximum absolute atomic E-state index is 12.2. The zero-order chi connectivity index (χ0) is 20.0. The van der Waals surface area contributed by atoms with Gasteiger partial charge in [0.1, 0.15) is 11.6 Å². The monoisotopic (exact) mass is 390 g/mol. The van der Waals surface area contributed by atoms with Gasteiger partial charge in [0.05, 0.1) is 18.6 Å². The van der Waals surface area contributed by atoms with Crippen molar-refractivity contribution in [2.45, 2.75) is 26.4 Å². The molecule has 27 heavy (non-hydrogen) atoms. The molecule has 1 amide bonds. The lowest BCUT2D eigenvalue weighted by Crippen LogP contribution is -2.30. The molecule has 2 aromatic rings. The van der Waals surface area contributed by atoms with Crippen LogP contribution in [0.5, 0.6) is 5.75 Å². The van der Waals surface area contributed by atoms with E-state index in [9.17, 15) is 14.4 Å². The summed E-state index contributed by atoms with van der Waals surface area (Å²) in [5, 5.41) is 2.97. The van der Waals surface area contributed by atoms with Crippen LogP contribution in [-0.2, 0) is 20.7 Å². The lowest BCUT2D eigenvalue weighted by molar-refractivity contribution is -0.152. The van der Waals surface area contributed by atoms with Gasteiger partial charge in [0.15, 0.2) is 11.9 Å². The minimum Gasteiger partial charge on any atom is -0.496 e. The number of carbonyl (C=O) groups excluding carboxylic acids is 3. The topological polar surface area (TPSA) is 94.6 Å². The summed E-state index contributed by atoms with van der Waals surface area (Å²) < 4.78 is 10.4. The maximum atomic E-state index is 12.2. The minimum atomic E-state index is -1.03. The van der Waals surface area contributed by atoms with Gasteiger partial charge in [-0.1, -0.05) is 11.6 Å². The summed E-state index contributed by atoms with van der Waals surface area (Å²) >= 11 is 5.74. The van der Waals surface area contributed by atoms with Crippen LogP contribution in [0.15, 0.2) is 36.5 Å². The maximum Gasteiger partial charge on any atom is 0.311 e. The number of hydrogen-bond donors (Lipinski definition) is 1. The number of anilines is 1. The van der Waals surface area contributed by atoms with Crippen molar-refractivity contribution in [2.24, 2.45) is 0 Å². The highest BCUT2D eigenvalue weighted by atomic mass is 35.5. The fraction of sp³-hybridized carbons (Fsp3) is 0.263. The van der Waals surface area contributed by atoms with Crippen LogP contribution in [0.2, 0.25) is 5.02 Å². The predicted molar refractivity (Wildman–Crippen MR) is 100 cm³/mol. The smallest absolute Gasteiger partial charge is 0.311 e. The molecule has 7 nitrogen and oxygen atoms in total. The van der Waals surface area contributed by atoms with E-state index < -0.39 is 18.0 Å². The standard InChI is InChI=1S/C19H19ClN2O5/c1-11(23)13-4-6-16(26-3)14(8-13)9-18(24)27-12(2)19(25)22-17-7-5-15(20)10-21-17/h4-8,10,12H,9H2,1-3H3,(H,21,22,25)/t12-/m1/s1. The van der Waals surface area contributed by atoms with E-state index in [0.717, 1.165) is 0 Å². The number of halogens is 1. The normalized spacial score (nSPS) is 11.4. The number of amides is 1. The van der Waals surface area contributed by atoms with Crippen molar-refractivity contribution in [3.05, 3.63) is 52.7 Å². The molecular weight excluding hydrogens is 372 g/mol. The molecule has 0 aliphatic rings. The molecule has 0 radical (unpaired) electrons. The van der Waals surface area contributed by atoms with E-state index in [0.29, 0.717) is 27.7 Å². The SMILES string of the molecule is COc1ccc(C(C)=O)cc1CC(=O)O[C@H](C)C(=O)Nc1ccc(Cl)cn1. The quantitative estimate of drug-likeness (QED) is 0.576. The first-order valence-corrected chi connectivity index (χ1v) is 8.47. The number of ether oxygens (including phenoxy) is 2. The predicted octanol–water partition coefficient (Wildman–Crippen LogP) is 3.06. The molecular formula is C19H19ClN2O5. The molecule has 0 saturated heterocycles. The first-order valence-electron chi connectivity index (χ1n) is 8.10. The molecule has 0 aliphatic heterocycles. The second-order valence-corrected chi connectivity index (χ2v) is 6.18. The number of pyridine rings is 1.